The van der Waals surface area contributed by atoms with E-state index in [0.717, 1.165) is 10.0 Å². The number of benzene rings is 1. The fourth-order valence-electron chi connectivity index (χ4n) is 2.00. The molecule has 102 valence electrons. The first kappa shape index (κ1) is 14.0. The molecule has 1 aromatic carbocycles. The Bertz CT molecular complexity index is 499. The van der Waals surface area contributed by atoms with Crippen LogP contribution in [-0.2, 0) is 15.0 Å². The summed E-state index contributed by atoms with van der Waals surface area (Å²) in [5, 5.41) is 11.0. The molecule has 1 amide bonds. The van der Waals surface area contributed by atoms with Crippen LogP contribution in [0.5, 0.6) is 0 Å². The highest BCUT2D eigenvalue weighted by atomic mass is 79.9. The molecular weight excluding hydrogens is 317 g/mol. The summed E-state index contributed by atoms with van der Waals surface area (Å²) in [6.07, 6.45) is 1.30. The Hall–Kier alpha value is -1.43. The van der Waals surface area contributed by atoms with Crippen molar-refractivity contribution in [3.63, 3.8) is 0 Å². The summed E-state index contributed by atoms with van der Waals surface area (Å²) >= 11 is 3.31. The van der Waals surface area contributed by atoms with Crippen LogP contribution in [0.25, 0.3) is 0 Å². The topological polar surface area (TPSA) is 66.4 Å². The fourth-order valence-corrected chi connectivity index (χ4v) is 2.27. The Labute approximate surface area is 118 Å². The lowest BCUT2D eigenvalue weighted by atomic mass is 9.95. The average molecular weight is 330 g/mol. The number of carboxylic acid groups (broad SMARTS) is 1. The van der Waals surface area contributed by atoms with E-state index in [1.54, 1.807) is 0 Å². The lowest BCUT2D eigenvalue weighted by Crippen LogP contribution is -2.46. The van der Waals surface area contributed by atoms with Crippen LogP contribution < -0.4 is 5.32 Å². The number of hydrogen-bond acceptors (Lipinski definition) is 2. The highest BCUT2D eigenvalue weighted by Crippen LogP contribution is 2.48. The Morgan fingerprint density at radius 2 is 1.95 bits per heavy atom. The van der Waals surface area contributed by atoms with Crippen molar-refractivity contribution in [1.29, 1.82) is 0 Å². The smallest absolute Gasteiger partial charge is 0.328 e. The molecule has 4 nitrogen and oxygen atoms in total. The summed E-state index contributed by atoms with van der Waals surface area (Å²) < 4.78 is 13.4. The van der Waals surface area contributed by atoms with Crippen LogP contribution in [0.3, 0.4) is 0 Å². The van der Waals surface area contributed by atoms with E-state index in [0.29, 0.717) is 12.8 Å². The summed E-state index contributed by atoms with van der Waals surface area (Å²) in [6.45, 7) is -1.11. The molecule has 1 atom stereocenters. The number of alkyl halides is 1. The minimum Gasteiger partial charge on any atom is -0.480 e. The van der Waals surface area contributed by atoms with E-state index in [2.05, 4.69) is 21.2 Å². The van der Waals surface area contributed by atoms with Crippen molar-refractivity contribution in [1.82, 2.24) is 5.32 Å². The molecule has 0 aromatic heterocycles. The number of amides is 1. The molecule has 0 spiro atoms. The molecule has 2 rings (SSSR count). The lowest BCUT2D eigenvalue weighted by molar-refractivity contribution is -0.142. The van der Waals surface area contributed by atoms with Gasteiger partial charge in [0.15, 0.2) is 6.04 Å². The van der Waals surface area contributed by atoms with Gasteiger partial charge < -0.3 is 10.4 Å². The molecule has 19 heavy (non-hydrogen) atoms. The standard InChI is InChI=1S/C13H13BrFNO3/c14-9-3-1-8(2-4-9)13(5-6-13)12(19)16-10(7-15)11(17)18/h1-4,10H,5-7H2,(H,16,19)(H,17,18). The van der Waals surface area contributed by atoms with Gasteiger partial charge in [0.2, 0.25) is 5.91 Å². The molecule has 1 saturated carbocycles. The van der Waals surface area contributed by atoms with Crippen molar-refractivity contribution >= 4 is 27.8 Å². The molecule has 1 aliphatic carbocycles. The van der Waals surface area contributed by atoms with Gasteiger partial charge in [0.05, 0.1) is 5.41 Å². The Morgan fingerprint density at radius 3 is 2.37 bits per heavy atom. The van der Waals surface area contributed by atoms with Crippen LogP contribution in [0.15, 0.2) is 28.7 Å². The van der Waals surface area contributed by atoms with Gasteiger partial charge in [0, 0.05) is 4.47 Å². The second kappa shape index (κ2) is 5.28. The molecule has 1 unspecified atom stereocenters. The minimum absolute atomic E-state index is 0.417. The van der Waals surface area contributed by atoms with Gasteiger partial charge in [-0.3, -0.25) is 4.79 Å². The van der Waals surface area contributed by atoms with Gasteiger partial charge >= 0.3 is 5.97 Å². The third-order valence-corrected chi connectivity index (χ3v) is 3.87. The van der Waals surface area contributed by atoms with Gasteiger partial charge in [-0.1, -0.05) is 28.1 Å². The van der Waals surface area contributed by atoms with Crippen molar-refractivity contribution in [3.05, 3.63) is 34.3 Å². The maximum absolute atomic E-state index is 12.5. The summed E-state index contributed by atoms with van der Waals surface area (Å²) in [4.78, 5) is 22.9. The average Bonchev–Trinajstić information content (AvgIpc) is 3.17. The van der Waals surface area contributed by atoms with E-state index in [-0.39, 0.29) is 0 Å². The first-order chi connectivity index (χ1) is 8.99. The van der Waals surface area contributed by atoms with Gasteiger partial charge in [-0.2, -0.15) is 0 Å². The normalized spacial score (nSPS) is 17.6. The zero-order valence-electron chi connectivity index (χ0n) is 10.0. The summed E-state index contributed by atoms with van der Waals surface area (Å²) in [6, 6.07) is 5.82. The van der Waals surface area contributed by atoms with E-state index < -0.39 is 30.0 Å². The third-order valence-electron chi connectivity index (χ3n) is 3.34. The van der Waals surface area contributed by atoms with Gasteiger partial charge in [-0.15, -0.1) is 0 Å². The van der Waals surface area contributed by atoms with Crippen LogP contribution in [0.1, 0.15) is 18.4 Å². The summed E-state index contributed by atoms with van der Waals surface area (Å²) in [7, 11) is 0. The number of aliphatic carboxylic acids is 1. The molecule has 0 saturated heterocycles. The van der Waals surface area contributed by atoms with Gasteiger partial charge in [-0.25, -0.2) is 9.18 Å². The first-order valence-electron chi connectivity index (χ1n) is 5.85. The van der Waals surface area contributed by atoms with Crippen molar-refractivity contribution in [3.8, 4) is 0 Å². The van der Waals surface area contributed by atoms with Gasteiger partial charge in [0.1, 0.15) is 6.67 Å². The highest BCUT2D eigenvalue weighted by molar-refractivity contribution is 9.10. The Kier molecular flexibility index (Phi) is 3.89. The van der Waals surface area contributed by atoms with Crippen LogP contribution in [-0.4, -0.2) is 29.7 Å². The molecule has 1 aliphatic rings. The van der Waals surface area contributed by atoms with Gasteiger partial charge in [-0.05, 0) is 30.5 Å². The quantitative estimate of drug-likeness (QED) is 0.868. The maximum Gasteiger partial charge on any atom is 0.328 e. The molecule has 0 aliphatic heterocycles. The SMILES string of the molecule is O=C(O)C(CF)NC(=O)C1(c2ccc(Br)cc2)CC1. The second-order valence-electron chi connectivity index (χ2n) is 4.61. The molecule has 1 fully saturated rings. The molecule has 0 heterocycles. The molecule has 1 aromatic rings. The Morgan fingerprint density at radius 1 is 1.37 bits per heavy atom. The first-order valence-corrected chi connectivity index (χ1v) is 6.65. The van der Waals surface area contributed by atoms with Crippen LogP contribution >= 0.6 is 15.9 Å². The van der Waals surface area contributed by atoms with Crippen molar-refractivity contribution in [2.45, 2.75) is 24.3 Å². The number of nitrogens with one attached hydrogen (secondary N) is 1. The summed E-state index contributed by atoms with van der Waals surface area (Å²) in [5.74, 6) is -1.78. The van der Waals surface area contributed by atoms with Crippen LogP contribution in [0.2, 0.25) is 0 Å². The Balaban J connectivity index is 2.14. The zero-order valence-corrected chi connectivity index (χ0v) is 11.6. The van der Waals surface area contributed by atoms with Gasteiger partial charge in [0.25, 0.3) is 0 Å². The van der Waals surface area contributed by atoms with E-state index in [4.69, 9.17) is 5.11 Å². The third kappa shape index (κ3) is 2.78. The number of carbonyl (C=O) groups is 2. The predicted octanol–water partition coefficient (Wildman–Crippen LogP) is 2.02. The lowest BCUT2D eigenvalue weighted by Gasteiger charge is -2.18. The van der Waals surface area contributed by atoms with Crippen molar-refractivity contribution in [2.24, 2.45) is 0 Å². The van der Waals surface area contributed by atoms with Crippen LogP contribution in [0, 0.1) is 0 Å². The van der Waals surface area contributed by atoms with E-state index in [1.165, 1.54) is 0 Å². The van der Waals surface area contributed by atoms with E-state index in [1.807, 2.05) is 24.3 Å². The number of halogens is 2. The number of carboxylic acids is 1. The molecule has 0 radical (unpaired) electrons. The fraction of sp³-hybridized carbons (Fsp3) is 0.385. The molecule has 2 N–H and O–H groups in total. The number of carbonyl (C=O) groups excluding carboxylic acids is 1. The molecule has 6 heteroatoms. The van der Waals surface area contributed by atoms with Crippen molar-refractivity contribution < 1.29 is 19.1 Å². The van der Waals surface area contributed by atoms with Crippen LogP contribution in [0.4, 0.5) is 4.39 Å². The number of rotatable bonds is 5. The minimum atomic E-state index is -1.47. The van der Waals surface area contributed by atoms with E-state index in [9.17, 15) is 14.0 Å². The molecular formula is C13H13BrFNO3. The highest BCUT2D eigenvalue weighted by Gasteiger charge is 2.51. The zero-order chi connectivity index (χ0) is 14.0. The summed E-state index contributed by atoms with van der Waals surface area (Å²) in [5.41, 5.74) is 0.139. The largest absolute Gasteiger partial charge is 0.480 e. The predicted molar refractivity (Wildman–Crippen MR) is 70.6 cm³/mol. The molecule has 0 bridgehead atoms. The number of hydrogen-bond donors (Lipinski definition) is 2. The van der Waals surface area contributed by atoms with E-state index >= 15 is 0 Å². The second-order valence-corrected chi connectivity index (χ2v) is 5.52. The maximum atomic E-state index is 12.5. The van der Waals surface area contributed by atoms with Crippen molar-refractivity contribution in [2.75, 3.05) is 6.67 Å². The monoisotopic (exact) mass is 329 g/mol.